The first-order valence-electron chi connectivity index (χ1n) is 6.77. The molecule has 2 unspecified atom stereocenters. The van der Waals surface area contributed by atoms with Crippen LogP contribution in [0.3, 0.4) is 0 Å². The molecule has 1 aromatic carbocycles. The molecule has 1 aliphatic rings. The Hall–Kier alpha value is -1.33. The molecule has 2 nitrogen and oxygen atoms in total. The Morgan fingerprint density at radius 3 is 2.61 bits per heavy atom. The van der Waals surface area contributed by atoms with Gasteiger partial charge in [0.25, 0.3) is 0 Å². The molecule has 2 rings (SSSR count). The molecular weight excluding hydrogens is 220 g/mol. The lowest BCUT2D eigenvalue weighted by atomic mass is 9.80. The third-order valence-electron chi connectivity index (χ3n) is 3.88. The molecule has 1 aromatic rings. The SMILES string of the molecule is CC1CCC(NCC(C)(C)C#N)c2ccccc21. The van der Waals surface area contributed by atoms with E-state index in [0.29, 0.717) is 12.0 Å². The maximum atomic E-state index is 9.07. The summed E-state index contributed by atoms with van der Waals surface area (Å²) in [7, 11) is 0. The van der Waals surface area contributed by atoms with E-state index in [1.807, 2.05) is 13.8 Å². The Morgan fingerprint density at radius 1 is 1.28 bits per heavy atom. The van der Waals surface area contributed by atoms with Crippen molar-refractivity contribution in [3.8, 4) is 6.07 Å². The summed E-state index contributed by atoms with van der Waals surface area (Å²) in [6.45, 7) is 7.01. The molecule has 0 spiro atoms. The molecule has 0 aliphatic heterocycles. The van der Waals surface area contributed by atoms with E-state index in [4.69, 9.17) is 5.26 Å². The van der Waals surface area contributed by atoms with Crippen LogP contribution in [-0.4, -0.2) is 6.54 Å². The van der Waals surface area contributed by atoms with Crippen LogP contribution in [0.1, 0.15) is 56.7 Å². The first-order valence-corrected chi connectivity index (χ1v) is 6.77. The van der Waals surface area contributed by atoms with Gasteiger partial charge in [-0.2, -0.15) is 5.26 Å². The van der Waals surface area contributed by atoms with E-state index in [2.05, 4.69) is 42.6 Å². The number of hydrogen-bond acceptors (Lipinski definition) is 2. The van der Waals surface area contributed by atoms with Gasteiger partial charge in [0.1, 0.15) is 0 Å². The Morgan fingerprint density at radius 2 is 1.94 bits per heavy atom. The molecule has 0 saturated carbocycles. The fraction of sp³-hybridized carbons (Fsp3) is 0.562. The van der Waals surface area contributed by atoms with Crippen LogP contribution in [0.2, 0.25) is 0 Å². The van der Waals surface area contributed by atoms with Crippen LogP contribution in [-0.2, 0) is 0 Å². The maximum Gasteiger partial charge on any atom is 0.0697 e. The normalized spacial score (nSPS) is 23.2. The molecule has 0 heterocycles. The lowest BCUT2D eigenvalue weighted by molar-refractivity contribution is 0.368. The second kappa shape index (κ2) is 5.12. The number of rotatable bonds is 3. The van der Waals surface area contributed by atoms with Gasteiger partial charge in [-0.3, -0.25) is 0 Å². The third kappa shape index (κ3) is 2.73. The average Bonchev–Trinajstić information content (AvgIpc) is 2.38. The van der Waals surface area contributed by atoms with Gasteiger partial charge in [-0.15, -0.1) is 0 Å². The van der Waals surface area contributed by atoms with Crippen molar-refractivity contribution in [3.05, 3.63) is 35.4 Å². The topological polar surface area (TPSA) is 35.8 Å². The molecule has 2 heteroatoms. The van der Waals surface area contributed by atoms with Crippen molar-refractivity contribution in [1.82, 2.24) is 5.32 Å². The molecule has 0 fully saturated rings. The quantitative estimate of drug-likeness (QED) is 0.876. The Balaban J connectivity index is 2.13. The molecule has 18 heavy (non-hydrogen) atoms. The highest BCUT2D eigenvalue weighted by atomic mass is 14.9. The van der Waals surface area contributed by atoms with Gasteiger partial charge in [0.15, 0.2) is 0 Å². The van der Waals surface area contributed by atoms with Gasteiger partial charge in [0, 0.05) is 12.6 Å². The van der Waals surface area contributed by atoms with Crippen molar-refractivity contribution < 1.29 is 0 Å². The minimum atomic E-state index is -0.294. The van der Waals surface area contributed by atoms with Crippen LogP contribution in [0.4, 0.5) is 0 Å². The van der Waals surface area contributed by atoms with Crippen molar-refractivity contribution in [2.45, 2.75) is 45.6 Å². The Bertz CT molecular complexity index is 456. The van der Waals surface area contributed by atoms with Crippen LogP contribution in [0.25, 0.3) is 0 Å². The number of nitriles is 1. The Labute approximate surface area is 110 Å². The summed E-state index contributed by atoms with van der Waals surface area (Å²) in [4.78, 5) is 0. The van der Waals surface area contributed by atoms with Crippen molar-refractivity contribution in [1.29, 1.82) is 5.26 Å². The van der Waals surface area contributed by atoms with Gasteiger partial charge in [-0.1, -0.05) is 31.2 Å². The summed E-state index contributed by atoms with van der Waals surface area (Å²) in [6, 6.07) is 11.5. The van der Waals surface area contributed by atoms with Crippen LogP contribution in [0, 0.1) is 16.7 Å². The second-order valence-electron chi connectivity index (χ2n) is 6.04. The predicted molar refractivity (Wildman–Crippen MR) is 74.2 cm³/mol. The second-order valence-corrected chi connectivity index (χ2v) is 6.04. The molecule has 0 aromatic heterocycles. The zero-order chi connectivity index (χ0) is 13.2. The van der Waals surface area contributed by atoms with Crippen molar-refractivity contribution in [2.75, 3.05) is 6.54 Å². The van der Waals surface area contributed by atoms with Gasteiger partial charge in [-0.05, 0) is 43.7 Å². The predicted octanol–water partition coefficient (Wildman–Crippen LogP) is 3.76. The molecule has 1 aliphatic carbocycles. The lowest BCUT2D eigenvalue weighted by Crippen LogP contribution is -2.33. The van der Waals surface area contributed by atoms with E-state index in [0.717, 1.165) is 6.54 Å². The summed E-state index contributed by atoms with van der Waals surface area (Å²) in [5.41, 5.74) is 2.60. The monoisotopic (exact) mass is 242 g/mol. The van der Waals surface area contributed by atoms with Crippen LogP contribution in [0.5, 0.6) is 0 Å². The third-order valence-corrected chi connectivity index (χ3v) is 3.88. The van der Waals surface area contributed by atoms with Crippen molar-refractivity contribution >= 4 is 0 Å². The van der Waals surface area contributed by atoms with E-state index in [1.54, 1.807) is 0 Å². The highest BCUT2D eigenvalue weighted by Crippen LogP contribution is 2.37. The van der Waals surface area contributed by atoms with E-state index in [-0.39, 0.29) is 5.41 Å². The van der Waals surface area contributed by atoms with Crippen molar-refractivity contribution in [2.24, 2.45) is 5.41 Å². The minimum absolute atomic E-state index is 0.294. The molecule has 0 amide bonds. The minimum Gasteiger partial charge on any atom is -0.308 e. The zero-order valence-electron chi connectivity index (χ0n) is 11.5. The molecule has 0 radical (unpaired) electrons. The zero-order valence-corrected chi connectivity index (χ0v) is 11.5. The fourth-order valence-electron chi connectivity index (χ4n) is 2.63. The van der Waals surface area contributed by atoms with E-state index < -0.39 is 0 Å². The number of nitrogens with zero attached hydrogens (tertiary/aromatic N) is 1. The number of benzene rings is 1. The standard InChI is InChI=1S/C16H22N2/c1-12-8-9-15(18-11-16(2,3)10-17)14-7-5-4-6-13(12)14/h4-7,12,15,18H,8-9,11H2,1-3H3. The summed E-state index contributed by atoms with van der Waals surface area (Å²) < 4.78 is 0. The highest BCUT2D eigenvalue weighted by molar-refractivity contribution is 5.34. The summed E-state index contributed by atoms with van der Waals surface area (Å²) in [5, 5.41) is 12.6. The lowest BCUT2D eigenvalue weighted by Gasteiger charge is -2.32. The Kier molecular flexibility index (Phi) is 3.73. The fourth-order valence-corrected chi connectivity index (χ4v) is 2.63. The van der Waals surface area contributed by atoms with Crippen molar-refractivity contribution in [3.63, 3.8) is 0 Å². The maximum absolute atomic E-state index is 9.07. The van der Waals surface area contributed by atoms with Gasteiger partial charge >= 0.3 is 0 Å². The van der Waals surface area contributed by atoms with E-state index in [1.165, 1.54) is 24.0 Å². The van der Waals surface area contributed by atoms with E-state index >= 15 is 0 Å². The van der Waals surface area contributed by atoms with Crippen LogP contribution in [0.15, 0.2) is 24.3 Å². The van der Waals surface area contributed by atoms with Crippen LogP contribution >= 0.6 is 0 Å². The van der Waals surface area contributed by atoms with Crippen LogP contribution < -0.4 is 5.32 Å². The summed E-state index contributed by atoms with van der Waals surface area (Å²) in [6.07, 6.45) is 2.39. The molecule has 0 saturated heterocycles. The highest BCUT2D eigenvalue weighted by Gasteiger charge is 2.26. The number of nitrogens with one attached hydrogen (secondary N) is 1. The molecule has 0 bridgehead atoms. The first kappa shape index (κ1) is 13.1. The molecular formula is C16H22N2. The van der Waals surface area contributed by atoms with E-state index in [9.17, 15) is 0 Å². The average molecular weight is 242 g/mol. The number of hydrogen-bond donors (Lipinski definition) is 1. The summed E-state index contributed by atoms with van der Waals surface area (Å²) in [5.74, 6) is 0.656. The largest absolute Gasteiger partial charge is 0.308 e. The smallest absolute Gasteiger partial charge is 0.0697 e. The van der Waals surface area contributed by atoms with Gasteiger partial charge in [-0.25, -0.2) is 0 Å². The molecule has 96 valence electrons. The van der Waals surface area contributed by atoms with Gasteiger partial charge < -0.3 is 5.32 Å². The molecule has 1 N–H and O–H groups in total. The summed E-state index contributed by atoms with van der Waals surface area (Å²) >= 11 is 0. The molecule has 2 atom stereocenters. The number of fused-ring (bicyclic) bond motifs is 1. The first-order chi connectivity index (χ1) is 8.53. The van der Waals surface area contributed by atoms with Gasteiger partial charge in [0.2, 0.25) is 0 Å². The van der Waals surface area contributed by atoms with Gasteiger partial charge in [0.05, 0.1) is 11.5 Å².